The maximum absolute atomic E-state index is 13.7. The fraction of sp³-hybridized carbons (Fsp3) is 0.517. The molecule has 0 radical (unpaired) electrons. The second-order valence-electron chi connectivity index (χ2n) is 11.7. The summed E-state index contributed by atoms with van der Waals surface area (Å²) in [6, 6.07) is 7.26. The molecule has 12 heteroatoms. The molecule has 41 heavy (non-hydrogen) atoms. The number of rotatable bonds is 8. The molecule has 1 aromatic carbocycles. The van der Waals surface area contributed by atoms with Gasteiger partial charge < -0.3 is 14.8 Å². The quantitative estimate of drug-likeness (QED) is 0.330. The van der Waals surface area contributed by atoms with Crippen molar-refractivity contribution in [1.29, 1.82) is 0 Å². The van der Waals surface area contributed by atoms with Gasteiger partial charge in [0.25, 0.3) is 0 Å². The molecule has 3 aromatic rings. The van der Waals surface area contributed by atoms with E-state index in [0.29, 0.717) is 28.3 Å². The first-order chi connectivity index (χ1) is 19.3. The van der Waals surface area contributed by atoms with E-state index in [2.05, 4.69) is 20.2 Å². The van der Waals surface area contributed by atoms with Crippen LogP contribution in [0.2, 0.25) is 0 Å². The zero-order valence-corrected chi connectivity index (χ0v) is 26.3. The summed E-state index contributed by atoms with van der Waals surface area (Å²) in [5.41, 5.74) is 1.91. The zero-order chi connectivity index (χ0) is 29.9. The highest BCUT2D eigenvalue weighted by atomic mass is 32.2. The summed E-state index contributed by atoms with van der Waals surface area (Å²) < 4.78 is 40.9. The van der Waals surface area contributed by atoms with E-state index in [1.54, 1.807) is 12.3 Å². The largest absolute Gasteiger partial charge is 0.479 e. The summed E-state index contributed by atoms with van der Waals surface area (Å²) in [4.78, 5) is 17.6. The fourth-order valence-electron chi connectivity index (χ4n) is 4.91. The molecule has 1 fully saturated rings. The monoisotopic (exact) mass is 601 g/mol. The number of benzene rings is 1. The van der Waals surface area contributed by atoms with Gasteiger partial charge in [0.05, 0.1) is 33.7 Å². The van der Waals surface area contributed by atoms with Crippen molar-refractivity contribution < 1.29 is 22.7 Å². The van der Waals surface area contributed by atoms with Gasteiger partial charge in [-0.3, -0.25) is 0 Å². The minimum atomic E-state index is -3.90. The maximum atomic E-state index is 13.7. The molecule has 0 saturated heterocycles. The lowest BCUT2D eigenvalue weighted by Gasteiger charge is -2.28. The number of carbonyl (C=O) groups is 1. The maximum Gasteiger partial charge on any atom is 0.407 e. The molecular weight excluding hydrogens is 562 g/mol. The molecule has 0 unspecified atom stereocenters. The second kappa shape index (κ2) is 12.4. The Morgan fingerprint density at radius 2 is 1.78 bits per heavy atom. The number of aromatic nitrogens is 3. The smallest absolute Gasteiger partial charge is 0.407 e. The Morgan fingerprint density at radius 3 is 2.41 bits per heavy atom. The van der Waals surface area contributed by atoms with Crippen LogP contribution in [0.3, 0.4) is 0 Å². The number of hydrogen-bond acceptors (Lipinski definition) is 9. The van der Waals surface area contributed by atoms with Gasteiger partial charge in [0, 0.05) is 34.8 Å². The van der Waals surface area contributed by atoms with Crippen molar-refractivity contribution in [3.05, 3.63) is 41.2 Å². The van der Waals surface area contributed by atoms with Crippen LogP contribution in [0.25, 0.3) is 21.6 Å². The van der Waals surface area contributed by atoms with E-state index in [4.69, 9.17) is 14.5 Å². The first-order valence-electron chi connectivity index (χ1n) is 13.8. The van der Waals surface area contributed by atoms with Crippen molar-refractivity contribution in [3.63, 3.8) is 0 Å². The van der Waals surface area contributed by atoms with Gasteiger partial charge in [-0.15, -0.1) is 16.4 Å². The van der Waals surface area contributed by atoms with Crippen LogP contribution in [0.15, 0.2) is 35.4 Å². The number of nitrogens with zero attached hydrogens (tertiary/aromatic N) is 3. The van der Waals surface area contributed by atoms with Crippen LogP contribution in [0.4, 0.5) is 4.79 Å². The molecule has 0 aliphatic heterocycles. The summed E-state index contributed by atoms with van der Waals surface area (Å²) in [5.74, 6) is 0.563. The number of amides is 1. The number of ether oxygens (including phenoxy) is 2. The minimum Gasteiger partial charge on any atom is -0.479 e. The van der Waals surface area contributed by atoms with Crippen molar-refractivity contribution in [2.45, 2.75) is 95.7 Å². The Kier molecular flexibility index (Phi) is 9.35. The van der Waals surface area contributed by atoms with Crippen molar-refractivity contribution in [1.82, 2.24) is 25.2 Å². The number of aryl methyl sites for hydroxylation is 1. The van der Waals surface area contributed by atoms with Crippen molar-refractivity contribution >= 4 is 27.5 Å². The SMILES string of the molecule is COc1nnc(C)cc1-c1ccc(-c2cnc(C3CCC(NC(=O)OC(C)C)CC3)s2)c(S(=O)(=O)NC(C)(C)C)c1. The highest BCUT2D eigenvalue weighted by molar-refractivity contribution is 7.89. The van der Waals surface area contributed by atoms with Gasteiger partial charge in [-0.25, -0.2) is 22.9 Å². The van der Waals surface area contributed by atoms with Crippen molar-refractivity contribution in [3.8, 4) is 27.4 Å². The highest BCUT2D eigenvalue weighted by Gasteiger charge is 2.29. The van der Waals surface area contributed by atoms with E-state index in [1.165, 1.54) is 18.4 Å². The Balaban J connectivity index is 1.64. The van der Waals surface area contributed by atoms with Crippen LogP contribution in [0.5, 0.6) is 5.88 Å². The van der Waals surface area contributed by atoms with Gasteiger partial charge in [0.2, 0.25) is 15.9 Å². The molecule has 1 aliphatic carbocycles. The van der Waals surface area contributed by atoms with Crippen LogP contribution in [-0.2, 0) is 14.8 Å². The van der Waals surface area contributed by atoms with Crippen LogP contribution in [0, 0.1) is 6.92 Å². The third kappa shape index (κ3) is 7.81. The normalized spacial score (nSPS) is 17.9. The molecule has 0 atom stereocenters. The lowest BCUT2D eigenvalue weighted by atomic mass is 9.86. The summed E-state index contributed by atoms with van der Waals surface area (Å²) in [5, 5.41) is 12.1. The number of sulfonamides is 1. The number of thiazole rings is 1. The number of alkyl carbamates (subject to hydrolysis) is 1. The Bertz CT molecular complexity index is 1490. The number of carbonyl (C=O) groups excluding carboxylic acids is 1. The molecule has 1 aliphatic rings. The molecule has 2 N–H and O–H groups in total. The molecule has 2 heterocycles. The van der Waals surface area contributed by atoms with E-state index < -0.39 is 15.6 Å². The third-order valence-corrected chi connectivity index (χ3v) is 9.62. The first-order valence-corrected chi connectivity index (χ1v) is 16.1. The van der Waals surface area contributed by atoms with E-state index in [0.717, 1.165) is 35.6 Å². The predicted molar refractivity (Wildman–Crippen MR) is 160 cm³/mol. The van der Waals surface area contributed by atoms with Gasteiger partial charge in [-0.05, 0) is 84.9 Å². The molecule has 1 saturated carbocycles. The highest BCUT2D eigenvalue weighted by Crippen LogP contribution is 2.41. The lowest BCUT2D eigenvalue weighted by molar-refractivity contribution is 0.109. The summed E-state index contributed by atoms with van der Waals surface area (Å²) in [6.07, 6.45) is 4.64. The van der Waals surface area contributed by atoms with E-state index in [1.807, 2.05) is 59.7 Å². The second-order valence-corrected chi connectivity index (χ2v) is 14.4. The summed E-state index contributed by atoms with van der Waals surface area (Å²) >= 11 is 1.51. The number of hydrogen-bond donors (Lipinski definition) is 2. The Morgan fingerprint density at radius 1 is 1.07 bits per heavy atom. The minimum absolute atomic E-state index is 0.0769. The number of nitrogens with one attached hydrogen (secondary N) is 2. The molecule has 1 amide bonds. The van der Waals surface area contributed by atoms with Crippen LogP contribution in [-0.4, -0.2) is 54.5 Å². The predicted octanol–water partition coefficient (Wildman–Crippen LogP) is 5.82. The standard InChI is InChI=1S/C29H39N5O5S2/c1-17(2)39-28(35)31-21-11-8-19(9-12-21)27-30-16-24(40-27)22-13-10-20(23-14-18(3)32-33-26(23)38-7)15-25(22)41(36,37)34-29(4,5)6/h10,13-17,19,21,34H,8-9,11-12H2,1-7H3,(H,31,35). The molecular formula is C29H39N5O5S2. The molecule has 10 nitrogen and oxygen atoms in total. The van der Waals surface area contributed by atoms with Gasteiger partial charge in [-0.2, -0.15) is 5.10 Å². The topological polar surface area (TPSA) is 132 Å². The van der Waals surface area contributed by atoms with E-state index in [-0.39, 0.29) is 29.1 Å². The van der Waals surface area contributed by atoms with Gasteiger partial charge >= 0.3 is 6.09 Å². The van der Waals surface area contributed by atoms with E-state index >= 15 is 0 Å². The van der Waals surface area contributed by atoms with Crippen LogP contribution in [0.1, 0.15) is 76.9 Å². The van der Waals surface area contributed by atoms with Gasteiger partial charge in [0.1, 0.15) is 0 Å². The molecule has 222 valence electrons. The summed E-state index contributed by atoms with van der Waals surface area (Å²) in [7, 11) is -2.39. The van der Waals surface area contributed by atoms with Gasteiger partial charge in [-0.1, -0.05) is 12.1 Å². The molecule has 2 aromatic heterocycles. The van der Waals surface area contributed by atoms with Crippen molar-refractivity contribution in [2.75, 3.05) is 7.11 Å². The number of methoxy groups -OCH3 is 1. The average molecular weight is 602 g/mol. The van der Waals surface area contributed by atoms with Crippen LogP contribution < -0.4 is 14.8 Å². The molecule has 0 bridgehead atoms. The third-order valence-electron chi connectivity index (χ3n) is 6.63. The lowest BCUT2D eigenvalue weighted by Crippen LogP contribution is -2.40. The fourth-order valence-corrected chi connectivity index (χ4v) is 7.77. The molecule has 4 rings (SSSR count). The molecule has 0 spiro atoms. The summed E-state index contributed by atoms with van der Waals surface area (Å²) in [6.45, 7) is 10.9. The van der Waals surface area contributed by atoms with Gasteiger partial charge in [0.15, 0.2) is 0 Å². The van der Waals surface area contributed by atoms with E-state index in [9.17, 15) is 13.2 Å². The average Bonchev–Trinajstić information content (AvgIpc) is 3.37. The first kappa shape index (κ1) is 30.9. The Labute approximate surface area is 246 Å². The Hall–Kier alpha value is -3.09. The zero-order valence-electron chi connectivity index (χ0n) is 24.6. The van der Waals surface area contributed by atoms with Crippen molar-refractivity contribution in [2.24, 2.45) is 0 Å². The van der Waals surface area contributed by atoms with Crippen LogP contribution >= 0.6 is 11.3 Å².